The number of carboxylic acids is 1. The first-order valence-corrected chi connectivity index (χ1v) is 8.97. The number of aliphatic carboxylic acids is 1. The molecule has 0 aromatic rings. The molecule has 0 saturated carbocycles. The Bertz CT molecular complexity index is 437. The van der Waals surface area contributed by atoms with Gasteiger partial charge in [0.15, 0.2) is 6.10 Å². The van der Waals surface area contributed by atoms with E-state index in [0.29, 0.717) is 19.4 Å². The Morgan fingerprint density at radius 2 is 2.10 bits per heavy atom. The molecular weight excluding hydrogens is 302 g/mol. The minimum absolute atomic E-state index is 0.0355. The average molecular weight is 325 g/mol. The number of nitrogens with zero attached hydrogens (tertiary/aromatic N) is 1. The van der Waals surface area contributed by atoms with Crippen molar-refractivity contribution in [3.63, 3.8) is 0 Å². The summed E-state index contributed by atoms with van der Waals surface area (Å²) >= 11 is 4.31. The fraction of sp³-hybridized carbons (Fsp3) is 0.917. The number of sulfonamides is 1. The molecule has 1 fully saturated rings. The molecule has 0 amide bonds. The van der Waals surface area contributed by atoms with Crippen molar-refractivity contribution < 1.29 is 23.1 Å². The molecule has 8 heteroatoms. The van der Waals surface area contributed by atoms with Gasteiger partial charge in [0.25, 0.3) is 0 Å². The van der Waals surface area contributed by atoms with Crippen LogP contribution in [0, 0.1) is 5.92 Å². The topological polar surface area (TPSA) is 83.9 Å². The summed E-state index contributed by atoms with van der Waals surface area (Å²) in [5.74, 6) is -0.812. The standard InChI is InChI=1S/C12H23NO5S2/c1-8(2)4-11(12(14)15)18-7-9-5-10(19)6-13(9)20(3,16)17/h8-11,19H,4-7H2,1-3H3,(H,14,15)/t9-,10+,11-/m0/s1. The van der Waals surface area contributed by atoms with E-state index in [1.807, 2.05) is 13.8 Å². The second-order valence-electron chi connectivity index (χ2n) is 5.67. The van der Waals surface area contributed by atoms with Crippen LogP contribution in [-0.2, 0) is 19.6 Å². The predicted molar refractivity (Wildman–Crippen MR) is 79.6 cm³/mol. The van der Waals surface area contributed by atoms with Gasteiger partial charge < -0.3 is 9.84 Å². The maximum Gasteiger partial charge on any atom is 0.332 e. The van der Waals surface area contributed by atoms with E-state index >= 15 is 0 Å². The number of carboxylic acid groups (broad SMARTS) is 1. The lowest BCUT2D eigenvalue weighted by atomic mass is 10.1. The largest absolute Gasteiger partial charge is 0.479 e. The van der Waals surface area contributed by atoms with E-state index in [1.165, 1.54) is 4.31 Å². The zero-order chi connectivity index (χ0) is 15.5. The van der Waals surface area contributed by atoms with E-state index in [1.54, 1.807) is 0 Å². The molecule has 0 aromatic heterocycles. The summed E-state index contributed by atoms with van der Waals surface area (Å²) in [4.78, 5) is 11.1. The van der Waals surface area contributed by atoms with Gasteiger partial charge in [-0.25, -0.2) is 13.2 Å². The van der Waals surface area contributed by atoms with Crippen molar-refractivity contribution in [2.45, 2.75) is 44.1 Å². The van der Waals surface area contributed by atoms with Crippen LogP contribution in [0.3, 0.4) is 0 Å². The molecule has 0 unspecified atom stereocenters. The molecule has 6 nitrogen and oxygen atoms in total. The van der Waals surface area contributed by atoms with Crippen molar-refractivity contribution in [1.82, 2.24) is 4.31 Å². The molecule has 1 rings (SSSR count). The molecule has 0 bridgehead atoms. The molecular formula is C12H23NO5S2. The van der Waals surface area contributed by atoms with Gasteiger partial charge in [0.05, 0.1) is 12.9 Å². The van der Waals surface area contributed by atoms with Gasteiger partial charge in [0.2, 0.25) is 10.0 Å². The molecule has 20 heavy (non-hydrogen) atoms. The Morgan fingerprint density at radius 1 is 1.50 bits per heavy atom. The normalized spacial score (nSPS) is 26.1. The molecule has 0 radical (unpaired) electrons. The van der Waals surface area contributed by atoms with Gasteiger partial charge in [0, 0.05) is 17.8 Å². The number of hydrogen-bond acceptors (Lipinski definition) is 5. The Hall–Kier alpha value is -0.310. The fourth-order valence-corrected chi connectivity index (χ4v) is 3.98. The zero-order valence-electron chi connectivity index (χ0n) is 12.0. The van der Waals surface area contributed by atoms with E-state index in [0.717, 1.165) is 6.26 Å². The summed E-state index contributed by atoms with van der Waals surface area (Å²) in [5.41, 5.74) is 0. The second-order valence-corrected chi connectivity index (χ2v) is 8.33. The van der Waals surface area contributed by atoms with Gasteiger partial charge in [0.1, 0.15) is 0 Å². The van der Waals surface area contributed by atoms with Crippen LogP contribution in [0.25, 0.3) is 0 Å². The van der Waals surface area contributed by atoms with Gasteiger partial charge in [-0.3, -0.25) is 0 Å². The molecule has 1 saturated heterocycles. The molecule has 0 aliphatic carbocycles. The third-order valence-corrected chi connectivity index (χ3v) is 4.89. The smallest absolute Gasteiger partial charge is 0.332 e. The van der Waals surface area contributed by atoms with Gasteiger partial charge >= 0.3 is 5.97 Å². The van der Waals surface area contributed by atoms with Crippen LogP contribution in [0.1, 0.15) is 26.7 Å². The van der Waals surface area contributed by atoms with Crippen LogP contribution < -0.4 is 0 Å². The quantitative estimate of drug-likeness (QED) is 0.678. The number of thiol groups is 1. The highest BCUT2D eigenvalue weighted by Gasteiger charge is 2.37. The summed E-state index contributed by atoms with van der Waals surface area (Å²) in [6.07, 6.45) is 1.24. The maximum atomic E-state index is 11.7. The van der Waals surface area contributed by atoms with Crippen molar-refractivity contribution in [1.29, 1.82) is 0 Å². The summed E-state index contributed by atoms with van der Waals surface area (Å²) in [7, 11) is -3.32. The Morgan fingerprint density at radius 3 is 2.55 bits per heavy atom. The second kappa shape index (κ2) is 7.11. The van der Waals surface area contributed by atoms with Crippen LogP contribution in [0.5, 0.6) is 0 Å². The van der Waals surface area contributed by atoms with Gasteiger partial charge in [-0.05, 0) is 18.8 Å². The lowest BCUT2D eigenvalue weighted by Crippen LogP contribution is -2.39. The lowest BCUT2D eigenvalue weighted by molar-refractivity contribution is -0.152. The molecule has 0 spiro atoms. The van der Waals surface area contributed by atoms with E-state index in [-0.39, 0.29) is 23.8 Å². The van der Waals surface area contributed by atoms with E-state index in [9.17, 15) is 13.2 Å². The SMILES string of the molecule is CC(C)C[C@H](OC[C@@H]1C[C@@H](S)CN1S(C)(=O)=O)C(=O)O. The monoisotopic (exact) mass is 325 g/mol. The van der Waals surface area contributed by atoms with Crippen molar-refractivity contribution in [3.8, 4) is 0 Å². The van der Waals surface area contributed by atoms with Crippen LogP contribution in [0.2, 0.25) is 0 Å². The summed E-state index contributed by atoms with van der Waals surface area (Å²) in [6.45, 7) is 4.27. The average Bonchev–Trinajstić information content (AvgIpc) is 2.64. The molecule has 1 N–H and O–H groups in total. The first kappa shape index (κ1) is 17.7. The Balaban J connectivity index is 2.64. The number of carbonyl (C=O) groups is 1. The predicted octanol–water partition coefficient (Wildman–Crippen LogP) is 0.835. The van der Waals surface area contributed by atoms with E-state index < -0.39 is 22.1 Å². The third-order valence-electron chi connectivity index (χ3n) is 3.22. The molecule has 0 aromatic carbocycles. The molecule has 3 atom stereocenters. The highest BCUT2D eigenvalue weighted by molar-refractivity contribution is 7.88. The van der Waals surface area contributed by atoms with Crippen molar-refractivity contribution in [3.05, 3.63) is 0 Å². The number of rotatable bonds is 7. The molecule has 1 aliphatic heterocycles. The van der Waals surface area contributed by atoms with Crippen LogP contribution in [0.4, 0.5) is 0 Å². The highest BCUT2D eigenvalue weighted by atomic mass is 32.2. The van der Waals surface area contributed by atoms with Crippen molar-refractivity contribution >= 4 is 28.6 Å². The molecule has 1 heterocycles. The van der Waals surface area contributed by atoms with Gasteiger partial charge in [-0.15, -0.1) is 0 Å². The van der Waals surface area contributed by atoms with E-state index in [4.69, 9.17) is 9.84 Å². The van der Waals surface area contributed by atoms with Crippen LogP contribution in [-0.4, -0.2) is 60.6 Å². The van der Waals surface area contributed by atoms with Crippen molar-refractivity contribution in [2.24, 2.45) is 5.92 Å². The van der Waals surface area contributed by atoms with Gasteiger partial charge in [-0.1, -0.05) is 13.8 Å². The maximum absolute atomic E-state index is 11.7. The minimum atomic E-state index is -3.32. The fourth-order valence-electron chi connectivity index (χ4n) is 2.32. The van der Waals surface area contributed by atoms with E-state index in [2.05, 4.69) is 12.6 Å². The summed E-state index contributed by atoms with van der Waals surface area (Å²) < 4.78 is 30.1. The molecule has 1 aliphatic rings. The lowest BCUT2D eigenvalue weighted by Gasteiger charge is -2.24. The zero-order valence-corrected chi connectivity index (χ0v) is 13.7. The van der Waals surface area contributed by atoms with Crippen LogP contribution >= 0.6 is 12.6 Å². The summed E-state index contributed by atoms with van der Waals surface area (Å²) in [5, 5.41) is 9.07. The van der Waals surface area contributed by atoms with Crippen LogP contribution in [0.15, 0.2) is 0 Å². The highest BCUT2D eigenvalue weighted by Crippen LogP contribution is 2.25. The first-order chi connectivity index (χ1) is 9.11. The molecule has 118 valence electrons. The Labute approximate surface area is 125 Å². The summed E-state index contributed by atoms with van der Waals surface area (Å²) in [6, 6.07) is -0.332. The van der Waals surface area contributed by atoms with Crippen molar-refractivity contribution in [2.75, 3.05) is 19.4 Å². The number of ether oxygens (including phenoxy) is 1. The number of hydrogen-bond donors (Lipinski definition) is 2. The Kier molecular flexibility index (Phi) is 6.30. The van der Waals surface area contributed by atoms with Gasteiger partial charge in [-0.2, -0.15) is 16.9 Å². The minimum Gasteiger partial charge on any atom is -0.479 e. The third kappa shape index (κ3) is 5.23. The first-order valence-electron chi connectivity index (χ1n) is 6.60.